The summed E-state index contributed by atoms with van der Waals surface area (Å²) >= 11 is 0. The summed E-state index contributed by atoms with van der Waals surface area (Å²) in [4.78, 5) is 23.8. The van der Waals surface area contributed by atoms with Crippen LogP contribution in [0.2, 0.25) is 0 Å². The highest BCUT2D eigenvalue weighted by Crippen LogP contribution is 2.20. The lowest BCUT2D eigenvalue weighted by Crippen LogP contribution is -2.18. The molecule has 2 amide bonds. The second-order valence-corrected chi connectivity index (χ2v) is 8.09. The van der Waals surface area contributed by atoms with Gasteiger partial charge >= 0.3 is 0 Å². The summed E-state index contributed by atoms with van der Waals surface area (Å²) in [5.41, 5.74) is 0.988. The average molecular weight is 378 g/mol. The molecule has 2 aromatic rings. The van der Waals surface area contributed by atoms with E-state index in [1.165, 1.54) is 12.1 Å². The Morgan fingerprint density at radius 1 is 1.00 bits per heavy atom. The van der Waals surface area contributed by atoms with Gasteiger partial charge in [-0.25, -0.2) is 12.8 Å². The highest BCUT2D eigenvalue weighted by atomic mass is 32.2. The number of carbonyl (C=O) groups is 2. The third-order valence-electron chi connectivity index (χ3n) is 3.43. The first-order valence-electron chi connectivity index (χ1n) is 7.84. The third kappa shape index (κ3) is 6.64. The van der Waals surface area contributed by atoms with Crippen molar-refractivity contribution in [2.75, 3.05) is 22.6 Å². The van der Waals surface area contributed by atoms with Crippen LogP contribution in [0.25, 0.3) is 0 Å². The molecular weight excluding hydrogens is 359 g/mol. The van der Waals surface area contributed by atoms with E-state index in [0.717, 1.165) is 17.9 Å². The molecule has 0 heterocycles. The van der Waals surface area contributed by atoms with E-state index in [2.05, 4.69) is 10.6 Å². The zero-order chi connectivity index (χ0) is 19.2. The molecule has 0 aliphatic rings. The Bertz CT molecular complexity index is 899. The molecule has 2 rings (SSSR count). The maximum Gasteiger partial charge on any atom is 0.228 e. The monoisotopic (exact) mass is 378 g/mol. The van der Waals surface area contributed by atoms with Crippen molar-refractivity contribution in [2.45, 2.75) is 12.8 Å². The maximum atomic E-state index is 13.9. The van der Waals surface area contributed by atoms with E-state index >= 15 is 0 Å². The van der Waals surface area contributed by atoms with Gasteiger partial charge in [0.15, 0.2) is 0 Å². The summed E-state index contributed by atoms with van der Waals surface area (Å²) in [6, 6.07) is 12.7. The standard InChI is InChI=1S/C18H19FN2O4S/c1-26(24,25)10-9-17(22)20-14-7-8-15(19)16(12-14)21-18(23)11-13-5-3-2-4-6-13/h2-8,12H,9-11H2,1H3,(H,20,22)(H,21,23). The quantitative estimate of drug-likeness (QED) is 0.774. The molecule has 0 radical (unpaired) electrons. The molecular formula is C18H19FN2O4S. The van der Waals surface area contributed by atoms with Gasteiger partial charge in [-0.2, -0.15) is 0 Å². The van der Waals surface area contributed by atoms with Crippen LogP contribution in [-0.2, 0) is 25.8 Å². The summed E-state index contributed by atoms with van der Waals surface area (Å²) in [5.74, 6) is -1.82. The first kappa shape index (κ1) is 19.6. The molecule has 0 unspecified atom stereocenters. The predicted molar refractivity (Wildman–Crippen MR) is 98.1 cm³/mol. The van der Waals surface area contributed by atoms with E-state index < -0.39 is 27.5 Å². The maximum absolute atomic E-state index is 13.9. The molecule has 0 saturated carbocycles. The highest BCUT2D eigenvalue weighted by molar-refractivity contribution is 7.90. The molecule has 26 heavy (non-hydrogen) atoms. The first-order valence-corrected chi connectivity index (χ1v) is 9.90. The second-order valence-electron chi connectivity index (χ2n) is 5.83. The summed E-state index contributed by atoms with van der Waals surface area (Å²) in [7, 11) is -3.25. The smallest absolute Gasteiger partial charge is 0.228 e. The Labute approximate surface area is 151 Å². The van der Waals surface area contributed by atoms with Gasteiger partial charge in [-0.3, -0.25) is 9.59 Å². The lowest BCUT2D eigenvalue weighted by Gasteiger charge is -2.10. The van der Waals surface area contributed by atoms with Gasteiger partial charge in [-0.05, 0) is 23.8 Å². The Balaban J connectivity index is 2.00. The number of hydrogen-bond acceptors (Lipinski definition) is 4. The van der Waals surface area contributed by atoms with Crippen LogP contribution < -0.4 is 10.6 Å². The number of hydrogen-bond donors (Lipinski definition) is 2. The normalized spacial score (nSPS) is 11.0. The molecule has 0 aliphatic carbocycles. The van der Waals surface area contributed by atoms with Crippen LogP contribution in [0.1, 0.15) is 12.0 Å². The van der Waals surface area contributed by atoms with Gasteiger partial charge in [-0.1, -0.05) is 30.3 Å². The predicted octanol–water partition coefficient (Wildman–Crippen LogP) is 2.38. The molecule has 0 saturated heterocycles. The Morgan fingerprint density at radius 3 is 2.35 bits per heavy atom. The van der Waals surface area contributed by atoms with Crippen molar-refractivity contribution in [3.63, 3.8) is 0 Å². The topological polar surface area (TPSA) is 92.3 Å². The number of carbonyl (C=O) groups excluding carboxylic acids is 2. The van der Waals surface area contributed by atoms with Gasteiger partial charge in [0.25, 0.3) is 0 Å². The van der Waals surface area contributed by atoms with E-state index in [1.807, 2.05) is 6.07 Å². The highest BCUT2D eigenvalue weighted by Gasteiger charge is 2.12. The van der Waals surface area contributed by atoms with Gasteiger partial charge in [0.05, 0.1) is 17.9 Å². The third-order valence-corrected chi connectivity index (χ3v) is 4.38. The van der Waals surface area contributed by atoms with E-state index in [-0.39, 0.29) is 30.0 Å². The van der Waals surface area contributed by atoms with Crippen LogP contribution in [0, 0.1) is 5.82 Å². The number of sulfone groups is 1. The van der Waals surface area contributed by atoms with Crippen LogP contribution in [0.4, 0.5) is 15.8 Å². The molecule has 0 aromatic heterocycles. The molecule has 0 fully saturated rings. The number of anilines is 2. The lowest BCUT2D eigenvalue weighted by atomic mass is 10.1. The average Bonchev–Trinajstić information content (AvgIpc) is 2.56. The minimum atomic E-state index is -3.25. The zero-order valence-electron chi connectivity index (χ0n) is 14.2. The van der Waals surface area contributed by atoms with Crippen LogP contribution in [-0.4, -0.2) is 32.2 Å². The first-order chi connectivity index (χ1) is 12.2. The van der Waals surface area contributed by atoms with Crippen molar-refractivity contribution in [1.82, 2.24) is 0 Å². The fourth-order valence-corrected chi connectivity index (χ4v) is 2.73. The molecule has 6 nitrogen and oxygen atoms in total. The summed E-state index contributed by atoms with van der Waals surface area (Å²) in [6.45, 7) is 0. The number of nitrogens with one attached hydrogen (secondary N) is 2. The number of halogens is 1. The van der Waals surface area contributed by atoms with E-state index in [9.17, 15) is 22.4 Å². The van der Waals surface area contributed by atoms with Crippen LogP contribution >= 0.6 is 0 Å². The molecule has 0 aliphatic heterocycles. The van der Waals surface area contributed by atoms with E-state index in [4.69, 9.17) is 0 Å². The van der Waals surface area contributed by atoms with Gasteiger partial charge < -0.3 is 10.6 Å². The van der Waals surface area contributed by atoms with Crippen molar-refractivity contribution in [2.24, 2.45) is 0 Å². The van der Waals surface area contributed by atoms with Crippen molar-refractivity contribution in [3.05, 3.63) is 59.9 Å². The van der Waals surface area contributed by atoms with Crippen molar-refractivity contribution < 1.29 is 22.4 Å². The number of amides is 2. The fraction of sp³-hybridized carbons (Fsp3) is 0.222. The Hall–Kier alpha value is -2.74. The second kappa shape index (κ2) is 8.57. The van der Waals surface area contributed by atoms with Gasteiger partial charge in [0.1, 0.15) is 15.7 Å². The van der Waals surface area contributed by atoms with Gasteiger partial charge in [0.2, 0.25) is 11.8 Å². The van der Waals surface area contributed by atoms with Gasteiger partial charge in [-0.15, -0.1) is 0 Å². The zero-order valence-corrected chi connectivity index (χ0v) is 15.0. The SMILES string of the molecule is CS(=O)(=O)CCC(=O)Nc1ccc(F)c(NC(=O)Cc2ccccc2)c1. The van der Waals surface area contributed by atoms with Crippen LogP contribution in [0.5, 0.6) is 0 Å². The van der Waals surface area contributed by atoms with Crippen molar-refractivity contribution in [3.8, 4) is 0 Å². The lowest BCUT2D eigenvalue weighted by molar-refractivity contribution is -0.116. The van der Waals surface area contributed by atoms with E-state index in [1.54, 1.807) is 24.3 Å². The minimum Gasteiger partial charge on any atom is -0.326 e. The molecule has 0 bridgehead atoms. The Kier molecular flexibility index (Phi) is 6.46. The largest absolute Gasteiger partial charge is 0.326 e. The van der Waals surface area contributed by atoms with Gasteiger partial charge in [0, 0.05) is 18.4 Å². The molecule has 0 atom stereocenters. The number of rotatable bonds is 7. The molecule has 2 N–H and O–H groups in total. The fourth-order valence-electron chi connectivity index (χ4n) is 2.18. The van der Waals surface area contributed by atoms with Crippen molar-refractivity contribution >= 4 is 33.0 Å². The number of benzene rings is 2. The minimum absolute atomic E-state index is 0.0631. The molecule has 0 spiro atoms. The van der Waals surface area contributed by atoms with E-state index in [0.29, 0.717) is 0 Å². The summed E-state index contributed by atoms with van der Waals surface area (Å²) in [5, 5.41) is 4.95. The van der Waals surface area contributed by atoms with Crippen molar-refractivity contribution in [1.29, 1.82) is 0 Å². The summed E-state index contributed by atoms with van der Waals surface area (Å²) < 4.78 is 36.1. The molecule has 2 aromatic carbocycles. The van der Waals surface area contributed by atoms with Crippen LogP contribution in [0.3, 0.4) is 0 Å². The van der Waals surface area contributed by atoms with Crippen LogP contribution in [0.15, 0.2) is 48.5 Å². The molecule has 138 valence electrons. The Morgan fingerprint density at radius 2 is 1.69 bits per heavy atom. The molecule has 8 heteroatoms. The summed E-state index contributed by atoms with van der Waals surface area (Å²) in [6.07, 6.45) is 0.926.